The van der Waals surface area contributed by atoms with Crippen molar-refractivity contribution in [2.45, 2.75) is 13.5 Å². The molecule has 4 heteroatoms. The van der Waals surface area contributed by atoms with E-state index in [-0.39, 0.29) is 0 Å². The fourth-order valence-electron chi connectivity index (χ4n) is 1.39. The minimum atomic E-state index is 0.575. The van der Waals surface area contributed by atoms with Crippen molar-refractivity contribution in [2.24, 2.45) is 5.73 Å². The highest BCUT2D eigenvalue weighted by atomic mass is 16.5. The number of aromatic nitrogens is 2. The van der Waals surface area contributed by atoms with Crippen LogP contribution in [0.5, 0.6) is 11.5 Å². The van der Waals surface area contributed by atoms with Gasteiger partial charge in [0.1, 0.15) is 5.75 Å². The van der Waals surface area contributed by atoms with Gasteiger partial charge in [0, 0.05) is 6.54 Å². The first-order valence-corrected chi connectivity index (χ1v) is 5.25. The number of aryl methyl sites for hydroxylation is 1. The van der Waals surface area contributed by atoms with E-state index in [9.17, 15) is 0 Å². The number of hydrogen-bond acceptors (Lipinski definition) is 3. The molecule has 0 aliphatic heterocycles. The second-order valence-corrected chi connectivity index (χ2v) is 3.64. The number of benzene rings is 1. The number of rotatable bonds is 4. The van der Waals surface area contributed by atoms with Crippen LogP contribution in [0.15, 0.2) is 36.7 Å². The third-order valence-electron chi connectivity index (χ3n) is 2.22. The maximum absolute atomic E-state index is 5.64. The lowest BCUT2D eigenvalue weighted by molar-refractivity contribution is 0.481. The van der Waals surface area contributed by atoms with Crippen LogP contribution in [0.2, 0.25) is 0 Å². The maximum Gasteiger partial charge on any atom is 0.165 e. The first-order valence-electron chi connectivity index (χ1n) is 5.25. The average molecular weight is 217 g/mol. The van der Waals surface area contributed by atoms with Crippen LogP contribution in [-0.4, -0.2) is 16.3 Å². The molecule has 16 heavy (non-hydrogen) atoms. The lowest BCUT2D eigenvalue weighted by Gasteiger charge is -2.02. The highest BCUT2D eigenvalue weighted by Gasteiger charge is 2.00. The Morgan fingerprint density at radius 2 is 2.00 bits per heavy atom. The van der Waals surface area contributed by atoms with Crippen molar-refractivity contribution in [3.05, 3.63) is 42.2 Å². The molecule has 2 N–H and O–H groups in total. The fraction of sp³-hybridized carbons (Fsp3) is 0.250. The largest absolute Gasteiger partial charge is 0.454 e. The molecule has 1 aromatic heterocycles. The SMILES string of the molecule is Cc1ccc(Oc2cnn(CCN)c2)cc1. The summed E-state index contributed by atoms with van der Waals surface area (Å²) in [7, 11) is 0. The molecule has 0 amide bonds. The fourth-order valence-corrected chi connectivity index (χ4v) is 1.39. The van der Waals surface area contributed by atoms with E-state index in [0.29, 0.717) is 13.1 Å². The minimum absolute atomic E-state index is 0.575. The van der Waals surface area contributed by atoms with Crippen molar-refractivity contribution in [3.63, 3.8) is 0 Å². The van der Waals surface area contributed by atoms with Gasteiger partial charge in [0.05, 0.1) is 18.9 Å². The number of nitrogens with two attached hydrogens (primary N) is 1. The zero-order valence-electron chi connectivity index (χ0n) is 9.26. The van der Waals surface area contributed by atoms with Crippen LogP contribution >= 0.6 is 0 Å². The maximum atomic E-state index is 5.64. The Balaban J connectivity index is 2.05. The average Bonchev–Trinajstić information content (AvgIpc) is 2.70. The van der Waals surface area contributed by atoms with Gasteiger partial charge in [-0.05, 0) is 19.1 Å². The Morgan fingerprint density at radius 3 is 2.69 bits per heavy atom. The van der Waals surface area contributed by atoms with Gasteiger partial charge in [-0.3, -0.25) is 4.68 Å². The Morgan fingerprint density at radius 1 is 1.25 bits per heavy atom. The summed E-state index contributed by atoms with van der Waals surface area (Å²) in [6.07, 6.45) is 3.53. The molecule has 0 fully saturated rings. The molecule has 0 saturated heterocycles. The van der Waals surface area contributed by atoms with Crippen molar-refractivity contribution >= 4 is 0 Å². The van der Waals surface area contributed by atoms with Crippen molar-refractivity contribution in [3.8, 4) is 11.5 Å². The topological polar surface area (TPSA) is 53.1 Å². The first-order chi connectivity index (χ1) is 7.78. The van der Waals surface area contributed by atoms with Gasteiger partial charge < -0.3 is 10.5 Å². The Hall–Kier alpha value is -1.81. The van der Waals surface area contributed by atoms with E-state index >= 15 is 0 Å². The van der Waals surface area contributed by atoms with Crippen LogP contribution in [-0.2, 0) is 6.54 Å². The van der Waals surface area contributed by atoms with Gasteiger partial charge in [0.15, 0.2) is 5.75 Å². The summed E-state index contributed by atoms with van der Waals surface area (Å²) >= 11 is 0. The molecular weight excluding hydrogens is 202 g/mol. The Kier molecular flexibility index (Phi) is 3.22. The summed E-state index contributed by atoms with van der Waals surface area (Å²) in [5.74, 6) is 1.55. The second kappa shape index (κ2) is 4.81. The molecule has 0 unspecified atom stereocenters. The molecule has 0 bridgehead atoms. The summed E-state index contributed by atoms with van der Waals surface area (Å²) in [5, 5.41) is 4.13. The molecule has 1 heterocycles. The van der Waals surface area contributed by atoms with Gasteiger partial charge in [-0.25, -0.2) is 0 Å². The molecule has 84 valence electrons. The van der Waals surface area contributed by atoms with Crippen LogP contribution < -0.4 is 10.5 Å². The lowest BCUT2D eigenvalue weighted by atomic mass is 10.2. The van der Waals surface area contributed by atoms with Crippen LogP contribution in [0.4, 0.5) is 0 Å². The molecule has 2 rings (SSSR count). The summed E-state index contributed by atoms with van der Waals surface area (Å²) in [6, 6.07) is 7.91. The molecule has 4 nitrogen and oxygen atoms in total. The highest BCUT2D eigenvalue weighted by molar-refractivity contribution is 5.30. The highest BCUT2D eigenvalue weighted by Crippen LogP contribution is 2.20. The molecular formula is C12H15N3O. The molecule has 0 aliphatic rings. The third kappa shape index (κ3) is 2.61. The third-order valence-corrected chi connectivity index (χ3v) is 2.22. The van der Waals surface area contributed by atoms with Crippen molar-refractivity contribution in [1.82, 2.24) is 9.78 Å². The standard InChI is InChI=1S/C12H15N3O/c1-10-2-4-11(5-3-10)16-12-8-14-15(9-12)7-6-13/h2-5,8-9H,6-7,13H2,1H3. The van der Waals surface area contributed by atoms with E-state index in [0.717, 1.165) is 11.5 Å². The van der Waals surface area contributed by atoms with E-state index in [1.165, 1.54) is 5.56 Å². The van der Waals surface area contributed by atoms with Crippen LogP contribution in [0.1, 0.15) is 5.56 Å². The summed E-state index contributed by atoms with van der Waals surface area (Å²) < 4.78 is 7.40. The normalized spacial score (nSPS) is 10.4. The smallest absolute Gasteiger partial charge is 0.165 e. The zero-order chi connectivity index (χ0) is 11.4. The molecule has 0 radical (unpaired) electrons. The van der Waals surface area contributed by atoms with E-state index < -0.39 is 0 Å². The monoisotopic (exact) mass is 217 g/mol. The van der Waals surface area contributed by atoms with Crippen LogP contribution in [0, 0.1) is 6.92 Å². The minimum Gasteiger partial charge on any atom is -0.454 e. The van der Waals surface area contributed by atoms with E-state index in [1.807, 2.05) is 37.4 Å². The van der Waals surface area contributed by atoms with Crippen molar-refractivity contribution in [2.75, 3.05) is 6.54 Å². The lowest BCUT2D eigenvalue weighted by Crippen LogP contribution is -2.09. The van der Waals surface area contributed by atoms with E-state index in [2.05, 4.69) is 5.10 Å². The van der Waals surface area contributed by atoms with E-state index in [4.69, 9.17) is 10.5 Å². The first kappa shape index (κ1) is 10.7. The molecule has 0 aliphatic carbocycles. The van der Waals surface area contributed by atoms with Crippen LogP contribution in [0.3, 0.4) is 0 Å². The summed E-state index contributed by atoms with van der Waals surface area (Å²) in [5.41, 5.74) is 6.65. The van der Waals surface area contributed by atoms with Gasteiger partial charge in [-0.2, -0.15) is 5.10 Å². The number of ether oxygens (including phenoxy) is 1. The molecule has 0 saturated carbocycles. The van der Waals surface area contributed by atoms with Gasteiger partial charge in [-0.15, -0.1) is 0 Å². The van der Waals surface area contributed by atoms with Crippen LogP contribution in [0.25, 0.3) is 0 Å². The summed E-state index contributed by atoms with van der Waals surface area (Å²) in [6.45, 7) is 3.33. The number of hydrogen-bond donors (Lipinski definition) is 1. The molecule has 0 spiro atoms. The van der Waals surface area contributed by atoms with Crippen molar-refractivity contribution < 1.29 is 4.74 Å². The predicted molar refractivity (Wildman–Crippen MR) is 62.5 cm³/mol. The van der Waals surface area contributed by atoms with Crippen molar-refractivity contribution in [1.29, 1.82) is 0 Å². The van der Waals surface area contributed by atoms with Gasteiger partial charge in [-0.1, -0.05) is 17.7 Å². The second-order valence-electron chi connectivity index (χ2n) is 3.64. The van der Waals surface area contributed by atoms with Gasteiger partial charge >= 0.3 is 0 Å². The summed E-state index contributed by atoms with van der Waals surface area (Å²) in [4.78, 5) is 0. The Bertz CT molecular complexity index is 448. The molecule has 1 aromatic carbocycles. The van der Waals surface area contributed by atoms with E-state index in [1.54, 1.807) is 10.9 Å². The quantitative estimate of drug-likeness (QED) is 0.851. The number of nitrogens with zero attached hydrogens (tertiary/aromatic N) is 2. The zero-order valence-corrected chi connectivity index (χ0v) is 9.26. The predicted octanol–water partition coefficient (Wildman–Crippen LogP) is 1.94. The Labute approximate surface area is 94.6 Å². The molecule has 0 atom stereocenters. The van der Waals surface area contributed by atoms with Gasteiger partial charge in [0.25, 0.3) is 0 Å². The van der Waals surface area contributed by atoms with Gasteiger partial charge in [0.2, 0.25) is 0 Å². The molecule has 2 aromatic rings.